The zero-order chi connectivity index (χ0) is 9.68. The first kappa shape index (κ1) is 11.0. The molecule has 3 nitrogen and oxygen atoms in total. The smallest absolute Gasteiger partial charge is 0.0258 e. The number of nitrogens with one attached hydrogen (secondary N) is 1. The fraction of sp³-hybridized carbons (Fsp3) is 1.00. The van der Waals surface area contributed by atoms with Gasteiger partial charge < -0.3 is 11.1 Å². The fourth-order valence-corrected chi connectivity index (χ4v) is 2.34. The Morgan fingerprint density at radius 3 is 2.54 bits per heavy atom. The van der Waals surface area contributed by atoms with Gasteiger partial charge in [0, 0.05) is 12.6 Å². The molecule has 3 heteroatoms. The predicted molar refractivity (Wildman–Crippen MR) is 56.7 cm³/mol. The van der Waals surface area contributed by atoms with Gasteiger partial charge in [0.2, 0.25) is 0 Å². The molecule has 0 aromatic rings. The summed E-state index contributed by atoms with van der Waals surface area (Å²) in [4.78, 5) is 2.48. The minimum absolute atomic E-state index is 0.588. The minimum Gasteiger partial charge on any atom is -0.329 e. The Bertz CT molecular complexity index is 126. The van der Waals surface area contributed by atoms with Crippen molar-refractivity contribution in [2.45, 2.75) is 26.3 Å². The second-order valence-corrected chi connectivity index (χ2v) is 3.78. The van der Waals surface area contributed by atoms with Gasteiger partial charge in [-0.3, -0.25) is 4.90 Å². The van der Waals surface area contributed by atoms with E-state index >= 15 is 0 Å². The van der Waals surface area contributed by atoms with Gasteiger partial charge in [-0.25, -0.2) is 0 Å². The average molecular weight is 185 g/mol. The summed E-state index contributed by atoms with van der Waals surface area (Å²) in [6.45, 7) is 9.79. The molecule has 1 rings (SSSR count). The molecule has 1 aliphatic rings. The van der Waals surface area contributed by atoms with Gasteiger partial charge in [-0.1, -0.05) is 13.8 Å². The molecule has 3 N–H and O–H groups in total. The van der Waals surface area contributed by atoms with Crippen LogP contribution in [0.3, 0.4) is 0 Å². The van der Waals surface area contributed by atoms with Crippen molar-refractivity contribution in [3.05, 3.63) is 0 Å². The van der Waals surface area contributed by atoms with Crippen LogP contribution < -0.4 is 11.1 Å². The van der Waals surface area contributed by atoms with Gasteiger partial charge >= 0.3 is 0 Å². The largest absolute Gasteiger partial charge is 0.329 e. The van der Waals surface area contributed by atoms with Crippen molar-refractivity contribution in [1.82, 2.24) is 10.2 Å². The van der Waals surface area contributed by atoms with Crippen LogP contribution in [0.2, 0.25) is 0 Å². The van der Waals surface area contributed by atoms with Crippen molar-refractivity contribution in [3.63, 3.8) is 0 Å². The molecule has 0 amide bonds. The van der Waals surface area contributed by atoms with E-state index < -0.39 is 0 Å². The van der Waals surface area contributed by atoms with Crippen molar-refractivity contribution in [2.75, 3.05) is 32.7 Å². The third-order valence-electron chi connectivity index (χ3n) is 3.17. The number of hydrogen-bond acceptors (Lipinski definition) is 3. The van der Waals surface area contributed by atoms with Crippen LogP contribution in [0.15, 0.2) is 0 Å². The van der Waals surface area contributed by atoms with Crippen LogP contribution in [0, 0.1) is 5.92 Å². The van der Waals surface area contributed by atoms with Gasteiger partial charge in [-0.05, 0) is 38.5 Å². The molecule has 1 saturated heterocycles. The summed E-state index contributed by atoms with van der Waals surface area (Å²) in [5.74, 6) is 0.768. The fourth-order valence-electron chi connectivity index (χ4n) is 2.34. The highest BCUT2D eigenvalue weighted by Crippen LogP contribution is 2.17. The Balaban J connectivity index is 2.48. The van der Waals surface area contributed by atoms with Crippen molar-refractivity contribution in [2.24, 2.45) is 11.7 Å². The van der Waals surface area contributed by atoms with E-state index in [1.807, 2.05) is 0 Å². The van der Waals surface area contributed by atoms with Gasteiger partial charge in [0.05, 0.1) is 0 Å². The van der Waals surface area contributed by atoms with Crippen LogP contribution in [0.1, 0.15) is 20.3 Å². The van der Waals surface area contributed by atoms with Gasteiger partial charge in [0.25, 0.3) is 0 Å². The summed E-state index contributed by atoms with van der Waals surface area (Å²) in [6, 6.07) is 0.588. The van der Waals surface area contributed by atoms with E-state index in [0.29, 0.717) is 6.04 Å². The Kier molecular flexibility index (Phi) is 4.70. The molecule has 13 heavy (non-hydrogen) atoms. The van der Waals surface area contributed by atoms with Crippen LogP contribution in [-0.2, 0) is 0 Å². The highest BCUT2D eigenvalue weighted by Gasteiger charge is 2.26. The highest BCUT2D eigenvalue weighted by atomic mass is 15.2. The first-order valence-electron chi connectivity index (χ1n) is 5.48. The normalized spacial score (nSPS) is 25.4. The molecule has 2 unspecified atom stereocenters. The van der Waals surface area contributed by atoms with Gasteiger partial charge in [-0.2, -0.15) is 0 Å². The summed E-state index contributed by atoms with van der Waals surface area (Å²) < 4.78 is 0. The van der Waals surface area contributed by atoms with Crippen molar-refractivity contribution in [3.8, 4) is 0 Å². The molecule has 0 aromatic carbocycles. The first-order chi connectivity index (χ1) is 6.33. The van der Waals surface area contributed by atoms with Crippen molar-refractivity contribution >= 4 is 0 Å². The van der Waals surface area contributed by atoms with E-state index in [0.717, 1.165) is 32.1 Å². The lowest BCUT2D eigenvalue weighted by Crippen LogP contribution is -2.46. The van der Waals surface area contributed by atoms with E-state index in [4.69, 9.17) is 5.73 Å². The quantitative estimate of drug-likeness (QED) is 0.646. The van der Waals surface area contributed by atoms with E-state index in [1.54, 1.807) is 0 Å². The van der Waals surface area contributed by atoms with Gasteiger partial charge in [-0.15, -0.1) is 0 Å². The average Bonchev–Trinajstić information content (AvgIpc) is 2.66. The van der Waals surface area contributed by atoms with E-state index in [2.05, 4.69) is 24.1 Å². The number of hydrogen-bond donors (Lipinski definition) is 2. The highest BCUT2D eigenvalue weighted by molar-refractivity contribution is 4.84. The molecule has 0 aliphatic carbocycles. The summed E-state index contributed by atoms with van der Waals surface area (Å²) in [5, 5.41) is 3.41. The molecule has 0 aromatic heterocycles. The second-order valence-electron chi connectivity index (χ2n) is 3.78. The predicted octanol–water partition coefficient (Wildman–Crippen LogP) is 0.265. The molecule has 2 atom stereocenters. The standard InChI is InChI=1S/C10H23N3/c1-3-13(4-2)10(7-11)9-5-6-12-8-9/h9-10,12H,3-8,11H2,1-2H3. The van der Waals surface area contributed by atoms with Crippen LogP contribution in [-0.4, -0.2) is 43.7 Å². The topological polar surface area (TPSA) is 41.3 Å². The molecule has 0 bridgehead atoms. The molecule has 0 radical (unpaired) electrons. The number of nitrogens with zero attached hydrogens (tertiary/aromatic N) is 1. The third-order valence-corrected chi connectivity index (χ3v) is 3.17. The van der Waals surface area contributed by atoms with E-state index in [-0.39, 0.29) is 0 Å². The number of likely N-dealkylation sites (N-methyl/N-ethyl adjacent to an activating group) is 1. The van der Waals surface area contributed by atoms with E-state index in [1.165, 1.54) is 13.0 Å². The lowest BCUT2D eigenvalue weighted by atomic mass is 9.97. The van der Waals surface area contributed by atoms with Crippen molar-refractivity contribution in [1.29, 1.82) is 0 Å². The Hall–Kier alpha value is -0.120. The molecule has 0 saturated carbocycles. The Morgan fingerprint density at radius 1 is 1.46 bits per heavy atom. The molecular formula is C10H23N3. The van der Waals surface area contributed by atoms with E-state index in [9.17, 15) is 0 Å². The maximum absolute atomic E-state index is 5.84. The zero-order valence-corrected chi connectivity index (χ0v) is 8.92. The lowest BCUT2D eigenvalue weighted by Gasteiger charge is -2.32. The van der Waals surface area contributed by atoms with Crippen LogP contribution in [0.4, 0.5) is 0 Å². The van der Waals surface area contributed by atoms with Crippen LogP contribution >= 0.6 is 0 Å². The molecule has 1 heterocycles. The molecule has 1 fully saturated rings. The third kappa shape index (κ3) is 2.66. The summed E-state index contributed by atoms with van der Waals surface area (Å²) in [5.41, 5.74) is 5.84. The Morgan fingerprint density at radius 2 is 2.15 bits per heavy atom. The Labute approximate surface area is 81.7 Å². The second kappa shape index (κ2) is 5.58. The van der Waals surface area contributed by atoms with Crippen molar-refractivity contribution < 1.29 is 0 Å². The molecule has 0 spiro atoms. The van der Waals surface area contributed by atoms with Gasteiger partial charge in [0.1, 0.15) is 0 Å². The van der Waals surface area contributed by atoms with Crippen LogP contribution in [0.5, 0.6) is 0 Å². The zero-order valence-electron chi connectivity index (χ0n) is 8.92. The monoisotopic (exact) mass is 185 g/mol. The maximum atomic E-state index is 5.84. The number of nitrogens with two attached hydrogens (primary N) is 1. The van der Waals surface area contributed by atoms with Gasteiger partial charge in [0.15, 0.2) is 0 Å². The number of rotatable bonds is 5. The molecular weight excluding hydrogens is 162 g/mol. The summed E-state index contributed by atoms with van der Waals surface area (Å²) >= 11 is 0. The summed E-state index contributed by atoms with van der Waals surface area (Å²) in [7, 11) is 0. The maximum Gasteiger partial charge on any atom is 0.0258 e. The first-order valence-corrected chi connectivity index (χ1v) is 5.48. The SMILES string of the molecule is CCN(CC)C(CN)C1CCNC1. The molecule has 1 aliphatic heterocycles. The minimum atomic E-state index is 0.588. The lowest BCUT2D eigenvalue weighted by molar-refractivity contribution is 0.168. The molecule has 78 valence electrons. The van der Waals surface area contributed by atoms with Crippen LogP contribution in [0.25, 0.3) is 0 Å². The summed E-state index contributed by atoms with van der Waals surface area (Å²) in [6.07, 6.45) is 1.29.